The van der Waals surface area contributed by atoms with Crippen LogP contribution in [-0.4, -0.2) is 61.5 Å². The maximum Gasteiger partial charge on any atom is 0.239 e. The van der Waals surface area contributed by atoms with Crippen LogP contribution in [0.15, 0.2) is 0 Å². The Morgan fingerprint density at radius 2 is 2.06 bits per heavy atom. The van der Waals surface area contributed by atoms with E-state index in [4.69, 9.17) is 0 Å². The van der Waals surface area contributed by atoms with Gasteiger partial charge < -0.3 is 15.1 Å². The van der Waals surface area contributed by atoms with Gasteiger partial charge in [0.05, 0.1) is 6.04 Å². The fourth-order valence-corrected chi connectivity index (χ4v) is 2.83. The molecule has 17 heavy (non-hydrogen) atoms. The van der Waals surface area contributed by atoms with Gasteiger partial charge in [0.15, 0.2) is 0 Å². The van der Waals surface area contributed by atoms with Gasteiger partial charge in [0.2, 0.25) is 5.91 Å². The molecule has 0 aromatic carbocycles. The first-order chi connectivity index (χ1) is 8.16. The van der Waals surface area contributed by atoms with Crippen molar-refractivity contribution in [3.63, 3.8) is 0 Å². The molecule has 4 heteroatoms. The third-order valence-corrected chi connectivity index (χ3v) is 3.91. The maximum absolute atomic E-state index is 11.7. The van der Waals surface area contributed by atoms with E-state index in [-0.39, 0.29) is 11.9 Å². The number of hydrogen-bond acceptors (Lipinski definition) is 3. The van der Waals surface area contributed by atoms with E-state index in [1.807, 2.05) is 11.9 Å². The van der Waals surface area contributed by atoms with Crippen molar-refractivity contribution in [1.82, 2.24) is 15.1 Å². The fourth-order valence-electron chi connectivity index (χ4n) is 2.83. The lowest BCUT2D eigenvalue weighted by atomic mass is 10.1. The van der Waals surface area contributed by atoms with Crippen LogP contribution in [-0.2, 0) is 4.79 Å². The molecule has 0 radical (unpaired) electrons. The Balaban J connectivity index is 1.65. The van der Waals surface area contributed by atoms with E-state index in [0.29, 0.717) is 5.92 Å². The molecule has 2 aliphatic heterocycles. The largest absolute Gasteiger partial charge is 0.344 e. The molecule has 0 aromatic rings. The molecule has 1 amide bonds. The first-order valence-corrected chi connectivity index (χ1v) is 6.87. The van der Waals surface area contributed by atoms with Gasteiger partial charge >= 0.3 is 0 Å². The third kappa shape index (κ3) is 3.42. The predicted molar refractivity (Wildman–Crippen MR) is 68.9 cm³/mol. The van der Waals surface area contributed by atoms with E-state index in [0.717, 1.165) is 19.5 Å². The molecule has 0 aromatic heterocycles. The van der Waals surface area contributed by atoms with Crippen LogP contribution in [0.2, 0.25) is 0 Å². The van der Waals surface area contributed by atoms with Crippen molar-refractivity contribution in [2.75, 3.05) is 39.8 Å². The molecule has 2 saturated heterocycles. The second kappa shape index (κ2) is 5.83. The number of rotatable bonds is 5. The molecule has 2 fully saturated rings. The molecule has 0 saturated carbocycles. The van der Waals surface area contributed by atoms with Crippen LogP contribution in [0.1, 0.15) is 26.2 Å². The number of nitrogens with one attached hydrogen (secondary N) is 1. The molecule has 0 aliphatic carbocycles. The summed E-state index contributed by atoms with van der Waals surface area (Å²) in [5, 5.41) is 3.42. The number of hydrogen-bond donors (Lipinski definition) is 1. The summed E-state index contributed by atoms with van der Waals surface area (Å²) in [7, 11) is 1.89. The third-order valence-electron chi connectivity index (χ3n) is 3.91. The van der Waals surface area contributed by atoms with Gasteiger partial charge in [-0.2, -0.15) is 0 Å². The number of likely N-dealkylation sites (tertiary alicyclic amines) is 2. The highest BCUT2D eigenvalue weighted by molar-refractivity contribution is 5.83. The first kappa shape index (κ1) is 12.8. The minimum Gasteiger partial charge on any atom is -0.344 e. The highest BCUT2D eigenvalue weighted by Gasteiger charge is 2.28. The Hall–Kier alpha value is -0.610. The van der Waals surface area contributed by atoms with E-state index in [1.165, 1.54) is 32.5 Å². The smallest absolute Gasteiger partial charge is 0.239 e. The Morgan fingerprint density at radius 1 is 1.35 bits per heavy atom. The van der Waals surface area contributed by atoms with Gasteiger partial charge in [0.25, 0.3) is 0 Å². The van der Waals surface area contributed by atoms with Crippen LogP contribution < -0.4 is 5.32 Å². The molecule has 1 N–H and O–H groups in total. The molecule has 0 spiro atoms. The van der Waals surface area contributed by atoms with E-state index < -0.39 is 0 Å². The molecule has 2 unspecified atom stereocenters. The molecule has 98 valence electrons. The van der Waals surface area contributed by atoms with Crippen LogP contribution in [0.3, 0.4) is 0 Å². The van der Waals surface area contributed by atoms with E-state index >= 15 is 0 Å². The van der Waals surface area contributed by atoms with Gasteiger partial charge in [-0.1, -0.05) is 6.92 Å². The van der Waals surface area contributed by atoms with Crippen molar-refractivity contribution < 1.29 is 4.79 Å². The predicted octanol–water partition coefficient (Wildman–Crippen LogP) is 0.539. The summed E-state index contributed by atoms with van der Waals surface area (Å²) in [6.07, 6.45) is 3.67. The molecule has 0 bridgehead atoms. The molecule has 2 aliphatic rings. The van der Waals surface area contributed by atoms with Crippen LogP contribution in [0.4, 0.5) is 0 Å². The van der Waals surface area contributed by atoms with Gasteiger partial charge in [-0.15, -0.1) is 0 Å². The van der Waals surface area contributed by atoms with Crippen LogP contribution >= 0.6 is 0 Å². The monoisotopic (exact) mass is 239 g/mol. The van der Waals surface area contributed by atoms with Gasteiger partial charge in [-0.05, 0) is 44.8 Å². The quantitative estimate of drug-likeness (QED) is 0.760. The Bertz CT molecular complexity index is 263. The Labute approximate surface area is 104 Å². The lowest BCUT2D eigenvalue weighted by Crippen LogP contribution is -2.41. The minimum absolute atomic E-state index is 0.0704. The van der Waals surface area contributed by atoms with Crippen LogP contribution in [0, 0.1) is 5.92 Å². The van der Waals surface area contributed by atoms with E-state index in [2.05, 4.69) is 17.1 Å². The SMILES string of the molecule is CC(CNC1CCN(C)C1=O)CN1CCCC1. The summed E-state index contributed by atoms with van der Waals surface area (Å²) >= 11 is 0. The summed E-state index contributed by atoms with van der Waals surface area (Å²) in [6, 6.07) is 0.0704. The molecule has 2 atom stereocenters. The zero-order chi connectivity index (χ0) is 12.3. The number of likely N-dealkylation sites (N-methyl/N-ethyl adjacent to an activating group) is 1. The molecule has 2 heterocycles. The number of nitrogens with zero attached hydrogens (tertiary/aromatic N) is 2. The molecule has 4 nitrogen and oxygen atoms in total. The minimum atomic E-state index is 0.0704. The normalized spacial score (nSPS) is 28.0. The first-order valence-electron chi connectivity index (χ1n) is 6.87. The van der Waals surface area contributed by atoms with Crippen molar-refractivity contribution in [3.8, 4) is 0 Å². The number of amides is 1. The summed E-state index contributed by atoms with van der Waals surface area (Å²) in [6.45, 7) is 7.82. The Morgan fingerprint density at radius 3 is 2.65 bits per heavy atom. The standard InChI is InChI=1S/C13H25N3O/c1-11(10-16-6-3-4-7-16)9-14-12-5-8-15(2)13(12)17/h11-12,14H,3-10H2,1-2H3. The van der Waals surface area contributed by atoms with Gasteiger partial charge in [-0.3, -0.25) is 4.79 Å². The molecular weight excluding hydrogens is 214 g/mol. The van der Waals surface area contributed by atoms with Gasteiger partial charge in [0.1, 0.15) is 0 Å². The lowest BCUT2D eigenvalue weighted by Gasteiger charge is -2.21. The zero-order valence-corrected chi connectivity index (χ0v) is 11.1. The van der Waals surface area contributed by atoms with Crippen LogP contribution in [0.5, 0.6) is 0 Å². The van der Waals surface area contributed by atoms with Gasteiger partial charge in [0, 0.05) is 20.1 Å². The van der Waals surface area contributed by atoms with E-state index in [9.17, 15) is 4.79 Å². The summed E-state index contributed by atoms with van der Waals surface area (Å²) in [4.78, 5) is 16.1. The van der Waals surface area contributed by atoms with Gasteiger partial charge in [-0.25, -0.2) is 0 Å². The molecular formula is C13H25N3O. The highest BCUT2D eigenvalue weighted by atomic mass is 16.2. The van der Waals surface area contributed by atoms with Crippen LogP contribution in [0.25, 0.3) is 0 Å². The van der Waals surface area contributed by atoms with Crippen molar-refractivity contribution in [3.05, 3.63) is 0 Å². The van der Waals surface area contributed by atoms with Crippen molar-refractivity contribution in [1.29, 1.82) is 0 Å². The second-order valence-corrected chi connectivity index (χ2v) is 5.62. The average Bonchev–Trinajstić information content (AvgIpc) is 2.90. The summed E-state index contributed by atoms with van der Waals surface area (Å²) in [5.41, 5.74) is 0. The highest BCUT2D eigenvalue weighted by Crippen LogP contribution is 2.11. The molecule has 2 rings (SSSR count). The van der Waals surface area contributed by atoms with Crippen molar-refractivity contribution in [2.45, 2.75) is 32.2 Å². The topological polar surface area (TPSA) is 35.6 Å². The second-order valence-electron chi connectivity index (χ2n) is 5.62. The number of carbonyl (C=O) groups is 1. The number of carbonyl (C=O) groups excluding carboxylic acids is 1. The summed E-state index contributed by atoms with van der Waals surface area (Å²) < 4.78 is 0. The Kier molecular flexibility index (Phi) is 4.40. The lowest BCUT2D eigenvalue weighted by molar-refractivity contribution is -0.128. The average molecular weight is 239 g/mol. The zero-order valence-electron chi connectivity index (χ0n) is 11.1. The fraction of sp³-hybridized carbons (Fsp3) is 0.923. The maximum atomic E-state index is 11.7. The van der Waals surface area contributed by atoms with Crippen molar-refractivity contribution in [2.24, 2.45) is 5.92 Å². The van der Waals surface area contributed by atoms with E-state index in [1.54, 1.807) is 0 Å². The van der Waals surface area contributed by atoms with Crippen molar-refractivity contribution >= 4 is 5.91 Å². The summed E-state index contributed by atoms with van der Waals surface area (Å²) in [5.74, 6) is 0.894.